The Bertz CT molecular complexity index is 1050. The van der Waals surface area contributed by atoms with Crippen LogP contribution in [0.5, 0.6) is 0 Å². The van der Waals surface area contributed by atoms with Crippen molar-refractivity contribution in [2.75, 3.05) is 50.0 Å². The van der Waals surface area contributed by atoms with Crippen molar-refractivity contribution in [3.8, 4) is 0 Å². The Hall–Kier alpha value is -2.78. The molecule has 184 valence electrons. The van der Waals surface area contributed by atoms with Gasteiger partial charge in [-0.2, -0.15) is 0 Å². The standard InChI is InChI=1S/C24H32ClN5O3S/c1-15-19(21(32)27-14-18(31)28-24(2,3)4)22(26-5)34-20(15)23(33)30-12-10-29(11-13-30)17-8-6-16(25)7-9-17/h6-9,26H,10-14H2,1-5H3,(H,27,32)(H,28,31). The third kappa shape index (κ3) is 6.21. The molecular formula is C24H32ClN5O3S. The van der Waals surface area contributed by atoms with Crippen LogP contribution in [0.25, 0.3) is 0 Å². The third-order valence-corrected chi connectivity index (χ3v) is 7.03. The molecule has 2 aromatic rings. The summed E-state index contributed by atoms with van der Waals surface area (Å²) >= 11 is 7.25. The number of nitrogens with one attached hydrogen (secondary N) is 3. The lowest BCUT2D eigenvalue weighted by atomic mass is 10.1. The zero-order chi connectivity index (χ0) is 25.0. The van der Waals surface area contributed by atoms with Gasteiger partial charge in [0.2, 0.25) is 5.91 Å². The van der Waals surface area contributed by atoms with Gasteiger partial charge in [-0.05, 0) is 57.5 Å². The minimum Gasteiger partial charge on any atom is -0.379 e. The van der Waals surface area contributed by atoms with Crippen LogP contribution in [0.1, 0.15) is 46.4 Å². The molecule has 8 nitrogen and oxygen atoms in total. The zero-order valence-corrected chi connectivity index (χ0v) is 21.8. The number of nitrogens with zero attached hydrogens (tertiary/aromatic N) is 2. The largest absolute Gasteiger partial charge is 0.379 e. The van der Waals surface area contributed by atoms with Gasteiger partial charge in [0.15, 0.2) is 0 Å². The average Bonchev–Trinajstić information content (AvgIpc) is 3.13. The summed E-state index contributed by atoms with van der Waals surface area (Å²) < 4.78 is 0. The molecule has 2 heterocycles. The number of rotatable bonds is 6. The fourth-order valence-electron chi connectivity index (χ4n) is 3.84. The van der Waals surface area contributed by atoms with Crippen molar-refractivity contribution in [3.63, 3.8) is 0 Å². The number of anilines is 2. The molecule has 1 aromatic heterocycles. The fourth-order valence-corrected chi connectivity index (χ4v) is 5.09. The number of carbonyl (C=O) groups is 3. The van der Waals surface area contributed by atoms with E-state index in [1.807, 2.05) is 49.9 Å². The number of amides is 3. The maximum atomic E-state index is 13.3. The molecule has 0 saturated carbocycles. The molecule has 3 rings (SSSR count). The third-order valence-electron chi connectivity index (χ3n) is 5.48. The number of piperazine rings is 1. The van der Waals surface area contributed by atoms with Crippen molar-refractivity contribution >= 4 is 51.3 Å². The van der Waals surface area contributed by atoms with Gasteiger partial charge in [0.05, 0.1) is 17.0 Å². The number of thiophene rings is 1. The van der Waals surface area contributed by atoms with Crippen LogP contribution in [-0.2, 0) is 4.79 Å². The van der Waals surface area contributed by atoms with Crippen LogP contribution in [0, 0.1) is 6.92 Å². The first-order valence-corrected chi connectivity index (χ1v) is 12.4. The van der Waals surface area contributed by atoms with E-state index in [4.69, 9.17) is 11.6 Å². The summed E-state index contributed by atoms with van der Waals surface area (Å²) in [7, 11) is 1.72. The number of hydrogen-bond donors (Lipinski definition) is 3. The molecule has 1 aliphatic rings. The van der Waals surface area contributed by atoms with Crippen molar-refractivity contribution in [2.45, 2.75) is 33.2 Å². The summed E-state index contributed by atoms with van der Waals surface area (Å²) in [5, 5.41) is 9.81. The Kier molecular flexibility index (Phi) is 8.09. The van der Waals surface area contributed by atoms with Crippen molar-refractivity contribution < 1.29 is 14.4 Å². The summed E-state index contributed by atoms with van der Waals surface area (Å²) in [6.45, 7) is 9.87. The van der Waals surface area contributed by atoms with Gasteiger partial charge in [-0.25, -0.2) is 0 Å². The van der Waals surface area contributed by atoms with E-state index in [-0.39, 0.29) is 29.8 Å². The highest BCUT2D eigenvalue weighted by molar-refractivity contribution is 7.18. The Labute approximate surface area is 209 Å². The van der Waals surface area contributed by atoms with Crippen LogP contribution in [0.15, 0.2) is 24.3 Å². The van der Waals surface area contributed by atoms with E-state index in [2.05, 4.69) is 20.9 Å². The first-order chi connectivity index (χ1) is 16.0. The van der Waals surface area contributed by atoms with Crippen molar-refractivity contribution in [1.29, 1.82) is 0 Å². The molecule has 0 spiro atoms. The molecule has 34 heavy (non-hydrogen) atoms. The topological polar surface area (TPSA) is 93.8 Å². The number of carbonyl (C=O) groups excluding carboxylic acids is 3. The van der Waals surface area contributed by atoms with E-state index in [9.17, 15) is 14.4 Å². The van der Waals surface area contributed by atoms with Crippen LogP contribution in [0.2, 0.25) is 5.02 Å². The maximum Gasteiger partial charge on any atom is 0.264 e. The second kappa shape index (κ2) is 10.7. The molecule has 0 atom stereocenters. The monoisotopic (exact) mass is 505 g/mol. The highest BCUT2D eigenvalue weighted by Gasteiger charge is 2.29. The van der Waals surface area contributed by atoms with Gasteiger partial charge >= 0.3 is 0 Å². The molecule has 0 unspecified atom stereocenters. The van der Waals surface area contributed by atoms with E-state index >= 15 is 0 Å². The van der Waals surface area contributed by atoms with Crippen molar-refractivity contribution in [1.82, 2.24) is 15.5 Å². The molecule has 1 saturated heterocycles. The summed E-state index contributed by atoms with van der Waals surface area (Å²) in [6, 6.07) is 7.69. The van der Waals surface area contributed by atoms with Gasteiger partial charge in [-0.15, -0.1) is 11.3 Å². The Morgan fingerprint density at radius 1 is 1.06 bits per heavy atom. The predicted molar refractivity (Wildman–Crippen MR) is 138 cm³/mol. The van der Waals surface area contributed by atoms with Gasteiger partial charge in [0, 0.05) is 49.5 Å². The molecule has 0 aliphatic carbocycles. The van der Waals surface area contributed by atoms with Crippen LogP contribution in [0.4, 0.5) is 10.7 Å². The lowest BCUT2D eigenvalue weighted by Crippen LogP contribution is -2.48. The molecule has 3 amide bonds. The smallest absolute Gasteiger partial charge is 0.264 e. The van der Waals surface area contributed by atoms with Crippen LogP contribution in [-0.4, -0.2) is 67.9 Å². The number of halogens is 1. The molecule has 3 N–H and O–H groups in total. The normalized spacial score (nSPS) is 14.1. The number of benzene rings is 1. The van der Waals surface area contributed by atoms with E-state index in [0.29, 0.717) is 52.2 Å². The second-order valence-electron chi connectivity index (χ2n) is 9.25. The summed E-state index contributed by atoms with van der Waals surface area (Å²) in [5.41, 5.74) is 1.72. The summed E-state index contributed by atoms with van der Waals surface area (Å²) in [4.78, 5) is 42.9. The molecule has 1 aliphatic heterocycles. The van der Waals surface area contributed by atoms with Crippen molar-refractivity contribution in [3.05, 3.63) is 45.3 Å². The van der Waals surface area contributed by atoms with Crippen molar-refractivity contribution in [2.24, 2.45) is 0 Å². The highest BCUT2D eigenvalue weighted by Crippen LogP contribution is 2.34. The minimum atomic E-state index is -0.382. The van der Waals surface area contributed by atoms with Gasteiger partial charge in [0.25, 0.3) is 11.8 Å². The zero-order valence-electron chi connectivity index (χ0n) is 20.3. The lowest BCUT2D eigenvalue weighted by molar-refractivity contribution is -0.121. The van der Waals surface area contributed by atoms with Gasteiger partial charge < -0.3 is 25.8 Å². The van der Waals surface area contributed by atoms with Crippen LogP contribution in [0.3, 0.4) is 0 Å². The predicted octanol–water partition coefficient (Wildman–Crippen LogP) is 3.36. The SMILES string of the molecule is CNc1sc(C(=O)N2CCN(c3ccc(Cl)cc3)CC2)c(C)c1C(=O)NCC(=O)NC(C)(C)C. The van der Waals surface area contributed by atoms with Gasteiger partial charge in [-0.3, -0.25) is 14.4 Å². The quantitative estimate of drug-likeness (QED) is 0.559. The maximum absolute atomic E-state index is 13.3. The average molecular weight is 506 g/mol. The van der Waals surface area contributed by atoms with E-state index in [0.717, 1.165) is 5.69 Å². The number of hydrogen-bond acceptors (Lipinski definition) is 6. The Morgan fingerprint density at radius 2 is 1.68 bits per heavy atom. The molecule has 0 radical (unpaired) electrons. The molecule has 1 aromatic carbocycles. The van der Waals surface area contributed by atoms with Gasteiger partial charge in [0.1, 0.15) is 5.00 Å². The Morgan fingerprint density at radius 3 is 2.24 bits per heavy atom. The lowest BCUT2D eigenvalue weighted by Gasteiger charge is -2.36. The fraction of sp³-hybridized carbons (Fsp3) is 0.458. The molecule has 1 fully saturated rings. The van der Waals surface area contributed by atoms with Crippen LogP contribution < -0.4 is 20.9 Å². The van der Waals surface area contributed by atoms with Gasteiger partial charge in [-0.1, -0.05) is 11.6 Å². The van der Waals surface area contributed by atoms with E-state index in [1.54, 1.807) is 14.0 Å². The molecular weight excluding hydrogens is 474 g/mol. The first-order valence-electron chi connectivity index (χ1n) is 11.2. The first kappa shape index (κ1) is 25.8. The Balaban J connectivity index is 1.67. The second-order valence-corrected chi connectivity index (χ2v) is 10.7. The minimum absolute atomic E-state index is 0.0840. The van der Waals surface area contributed by atoms with Crippen LogP contribution >= 0.6 is 22.9 Å². The van der Waals surface area contributed by atoms with E-state index < -0.39 is 0 Å². The summed E-state index contributed by atoms with van der Waals surface area (Å²) in [5.74, 6) is -0.734. The van der Waals surface area contributed by atoms with E-state index in [1.165, 1.54) is 11.3 Å². The molecule has 10 heteroatoms. The summed E-state index contributed by atoms with van der Waals surface area (Å²) in [6.07, 6.45) is 0. The highest BCUT2D eigenvalue weighted by atomic mass is 35.5. The molecule has 0 bridgehead atoms.